The number of rotatable bonds is 4. The zero-order valence-electron chi connectivity index (χ0n) is 21.7. The van der Waals surface area contributed by atoms with Gasteiger partial charge in [-0.15, -0.1) is 0 Å². The molecule has 0 heterocycles. The van der Waals surface area contributed by atoms with Crippen molar-refractivity contribution in [1.29, 1.82) is 0 Å². The van der Waals surface area contributed by atoms with Crippen molar-refractivity contribution >= 4 is 23.7 Å². The number of hydrogen-bond acceptors (Lipinski definition) is 9. The van der Waals surface area contributed by atoms with Gasteiger partial charge in [-0.25, -0.2) is 0 Å². The monoisotopic (exact) mass is 494 g/mol. The van der Waals surface area contributed by atoms with E-state index < -0.39 is 71.1 Å². The van der Waals surface area contributed by atoms with Crippen LogP contribution in [0.25, 0.3) is 0 Å². The number of allylic oxidation sites excluding steroid dienone is 1. The minimum Gasteiger partial charge on any atom is -0.463 e. The molecule has 2 N–H and O–H groups in total. The maximum Gasteiger partial charge on any atom is 0.303 e. The van der Waals surface area contributed by atoms with Gasteiger partial charge in [0.1, 0.15) is 24.4 Å². The quantitative estimate of drug-likeness (QED) is 0.445. The molecule has 0 spiro atoms. The lowest BCUT2D eigenvalue weighted by atomic mass is 9.48. The minimum atomic E-state index is -1.96. The van der Waals surface area contributed by atoms with Crippen LogP contribution in [0.15, 0.2) is 11.1 Å². The van der Waals surface area contributed by atoms with Gasteiger partial charge < -0.3 is 24.4 Å². The van der Waals surface area contributed by atoms with Crippen LogP contribution < -0.4 is 0 Å². The average Bonchev–Trinajstić information content (AvgIpc) is 2.69. The van der Waals surface area contributed by atoms with Crippen LogP contribution in [0, 0.1) is 22.7 Å². The lowest BCUT2D eigenvalue weighted by molar-refractivity contribution is -0.246. The Morgan fingerprint density at radius 3 is 2.17 bits per heavy atom. The molecule has 0 aromatic carbocycles. The molecule has 3 aliphatic rings. The van der Waals surface area contributed by atoms with Crippen molar-refractivity contribution in [3.05, 3.63) is 11.1 Å². The van der Waals surface area contributed by atoms with Crippen molar-refractivity contribution in [3.63, 3.8) is 0 Å². The molecule has 0 unspecified atom stereocenters. The smallest absolute Gasteiger partial charge is 0.303 e. The third kappa shape index (κ3) is 4.77. The van der Waals surface area contributed by atoms with E-state index in [2.05, 4.69) is 0 Å². The van der Waals surface area contributed by atoms with E-state index in [1.165, 1.54) is 20.8 Å². The summed E-state index contributed by atoms with van der Waals surface area (Å²) in [6.07, 6.45) is -2.02. The number of aliphatic hydroxyl groups is 2. The lowest BCUT2D eigenvalue weighted by Gasteiger charge is -2.60. The Morgan fingerprint density at radius 1 is 1.03 bits per heavy atom. The van der Waals surface area contributed by atoms with E-state index in [1.54, 1.807) is 6.92 Å². The van der Waals surface area contributed by atoms with Gasteiger partial charge in [-0.2, -0.15) is 0 Å². The summed E-state index contributed by atoms with van der Waals surface area (Å²) in [5.41, 5.74) is -2.38. The van der Waals surface area contributed by atoms with E-state index in [0.717, 1.165) is 0 Å². The van der Waals surface area contributed by atoms with Crippen molar-refractivity contribution < 1.29 is 43.6 Å². The van der Waals surface area contributed by atoms with Gasteiger partial charge in [0.15, 0.2) is 5.78 Å². The van der Waals surface area contributed by atoms with E-state index in [4.69, 9.17) is 14.2 Å². The fraction of sp³-hybridized carbons (Fsp3) is 0.769. The fourth-order valence-corrected chi connectivity index (χ4v) is 7.01. The van der Waals surface area contributed by atoms with Crippen LogP contribution >= 0.6 is 0 Å². The van der Waals surface area contributed by atoms with Gasteiger partial charge in [-0.05, 0) is 42.6 Å². The lowest BCUT2D eigenvalue weighted by Crippen LogP contribution is -2.68. The van der Waals surface area contributed by atoms with Gasteiger partial charge in [0, 0.05) is 44.6 Å². The predicted octanol–water partition coefficient (Wildman–Crippen LogP) is 2.26. The second kappa shape index (κ2) is 9.32. The van der Waals surface area contributed by atoms with E-state index in [0.29, 0.717) is 17.6 Å². The second-order valence-corrected chi connectivity index (χ2v) is 11.4. The molecule has 0 saturated heterocycles. The van der Waals surface area contributed by atoms with Crippen LogP contribution in [-0.2, 0) is 33.4 Å². The molecule has 0 aromatic heterocycles. The zero-order valence-corrected chi connectivity index (χ0v) is 21.7. The van der Waals surface area contributed by atoms with E-state index in [1.807, 2.05) is 20.8 Å². The summed E-state index contributed by atoms with van der Waals surface area (Å²) in [6.45, 7) is 10.7. The molecule has 2 bridgehead atoms. The molecule has 0 radical (unpaired) electrons. The fourth-order valence-electron chi connectivity index (χ4n) is 7.01. The van der Waals surface area contributed by atoms with Crippen molar-refractivity contribution in [2.45, 2.75) is 98.1 Å². The molecule has 0 aromatic rings. The maximum atomic E-state index is 13.8. The number of aliphatic hydroxyl groups excluding tert-OH is 1. The molecule has 7 atom stereocenters. The third-order valence-electron chi connectivity index (χ3n) is 8.46. The first kappa shape index (κ1) is 27.3. The highest BCUT2D eigenvalue weighted by atomic mass is 16.6. The molecule has 9 heteroatoms. The Hall–Kier alpha value is -2.26. The number of esters is 3. The van der Waals surface area contributed by atoms with E-state index in [9.17, 15) is 29.4 Å². The molecule has 2 saturated carbocycles. The summed E-state index contributed by atoms with van der Waals surface area (Å²) in [5.74, 6) is -3.28. The van der Waals surface area contributed by atoms with Gasteiger partial charge >= 0.3 is 17.9 Å². The summed E-state index contributed by atoms with van der Waals surface area (Å²) < 4.78 is 16.7. The van der Waals surface area contributed by atoms with Gasteiger partial charge in [-0.1, -0.05) is 20.8 Å². The maximum absolute atomic E-state index is 13.8. The Bertz CT molecular complexity index is 950. The van der Waals surface area contributed by atoms with Gasteiger partial charge in [0.25, 0.3) is 0 Å². The largest absolute Gasteiger partial charge is 0.463 e. The molecule has 0 aliphatic heterocycles. The Labute approximate surface area is 206 Å². The molecule has 3 rings (SSSR count). The Morgan fingerprint density at radius 2 is 1.63 bits per heavy atom. The predicted molar refractivity (Wildman–Crippen MR) is 124 cm³/mol. The number of ether oxygens (including phenoxy) is 3. The number of ketones is 1. The van der Waals surface area contributed by atoms with E-state index >= 15 is 0 Å². The van der Waals surface area contributed by atoms with Crippen LogP contribution in [0.4, 0.5) is 0 Å². The third-order valence-corrected chi connectivity index (χ3v) is 8.46. The topological polar surface area (TPSA) is 136 Å². The normalized spacial score (nSPS) is 38.5. The van der Waals surface area contributed by atoms with Gasteiger partial charge in [0.05, 0.1) is 6.10 Å². The highest BCUT2D eigenvalue weighted by molar-refractivity contribution is 5.98. The Kier molecular flexibility index (Phi) is 7.27. The Balaban J connectivity index is 2.27. The average molecular weight is 495 g/mol. The van der Waals surface area contributed by atoms with Crippen molar-refractivity contribution in [1.82, 2.24) is 0 Å². The summed E-state index contributed by atoms with van der Waals surface area (Å²) >= 11 is 0. The molecule has 0 amide bonds. The first-order chi connectivity index (χ1) is 16.0. The zero-order chi connectivity index (χ0) is 26.5. The van der Waals surface area contributed by atoms with Crippen LogP contribution in [0.2, 0.25) is 0 Å². The molecule has 196 valence electrons. The van der Waals surface area contributed by atoms with E-state index in [-0.39, 0.29) is 25.0 Å². The first-order valence-electron chi connectivity index (χ1n) is 12.2. The highest BCUT2D eigenvalue weighted by Crippen LogP contribution is 2.60. The summed E-state index contributed by atoms with van der Waals surface area (Å²) in [4.78, 5) is 49.8. The van der Waals surface area contributed by atoms with Crippen LogP contribution in [-0.4, -0.2) is 64.4 Å². The number of hydrogen-bond donors (Lipinski definition) is 2. The minimum absolute atomic E-state index is 0.0279. The number of carbonyl (C=O) groups is 4. The standard InChI is InChI=1S/C26H38O9/c1-13-19(34-15(3)28)10-17-22(35-16(4)29)23-25(7,11-18(30)21(13)24(17,5)6)9-8-20(31)26(23,32)12-33-14(2)27/h17,19-20,22-23,31-32H,8-12H2,1-7H3/t17-,19-,20-,22+,23-,25-,26-/m0/s1. The first-order valence-corrected chi connectivity index (χ1v) is 12.2. The molecular weight excluding hydrogens is 456 g/mol. The van der Waals surface area contributed by atoms with Crippen LogP contribution in [0.5, 0.6) is 0 Å². The SMILES string of the molecule is CC(=O)OC[C@]1(O)[C@@H](O)CC[C@@]2(C)CC(=O)C3=C(C)[C@@H](OC(C)=O)C[C@@H]([C@@H](OC(C)=O)[C@@H]21)C3(C)C. The number of fused-ring (bicyclic) bond motifs is 3. The number of carbonyl (C=O) groups excluding carboxylic acids is 4. The molecule has 2 fully saturated rings. The van der Waals surface area contributed by atoms with Gasteiger partial charge in [0.2, 0.25) is 0 Å². The summed E-state index contributed by atoms with van der Waals surface area (Å²) in [5, 5.41) is 22.9. The van der Waals surface area contributed by atoms with Crippen molar-refractivity contribution in [2.75, 3.05) is 6.61 Å². The van der Waals surface area contributed by atoms with Crippen LogP contribution in [0.1, 0.15) is 74.1 Å². The van der Waals surface area contributed by atoms with Crippen molar-refractivity contribution in [3.8, 4) is 0 Å². The molecule has 9 nitrogen and oxygen atoms in total. The van der Waals surface area contributed by atoms with Gasteiger partial charge in [-0.3, -0.25) is 19.2 Å². The summed E-state index contributed by atoms with van der Waals surface area (Å²) in [7, 11) is 0. The highest BCUT2D eigenvalue weighted by Gasteiger charge is 2.65. The molecular formula is C26H38O9. The van der Waals surface area contributed by atoms with Crippen LogP contribution in [0.3, 0.4) is 0 Å². The molecule has 35 heavy (non-hydrogen) atoms. The number of Topliss-reactive ketones (excluding diaryl/α,β-unsaturated/α-hetero) is 1. The van der Waals surface area contributed by atoms with Crippen molar-refractivity contribution in [2.24, 2.45) is 22.7 Å². The molecule has 3 aliphatic carbocycles. The summed E-state index contributed by atoms with van der Waals surface area (Å²) in [6, 6.07) is 0. The second-order valence-electron chi connectivity index (χ2n) is 11.4.